The van der Waals surface area contributed by atoms with Crippen LogP contribution in [0.3, 0.4) is 0 Å². The number of ether oxygens (including phenoxy) is 1. The summed E-state index contributed by atoms with van der Waals surface area (Å²) >= 11 is 0. The summed E-state index contributed by atoms with van der Waals surface area (Å²) in [6.07, 6.45) is 1.41. The summed E-state index contributed by atoms with van der Waals surface area (Å²) in [5.41, 5.74) is 9.43. The number of hydrogen-bond acceptors (Lipinski definition) is 6. The van der Waals surface area contributed by atoms with Gasteiger partial charge in [-0.15, -0.1) is 0 Å². The van der Waals surface area contributed by atoms with E-state index in [9.17, 15) is 4.79 Å². The SMILES string of the molecule is Cc1ccc2nc(-c3nc(C(=O)N4CCOCC4)cnc3N)[nH]c2c1. The number of hydrogen-bond donors (Lipinski definition) is 2. The van der Waals surface area contributed by atoms with Gasteiger partial charge in [-0.05, 0) is 24.6 Å². The molecule has 1 amide bonds. The van der Waals surface area contributed by atoms with Crippen molar-refractivity contribution in [2.24, 2.45) is 0 Å². The number of carbonyl (C=O) groups is 1. The van der Waals surface area contributed by atoms with Crippen molar-refractivity contribution in [2.45, 2.75) is 6.92 Å². The van der Waals surface area contributed by atoms with Crippen LogP contribution in [-0.2, 0) is 4.74 Å². The van der Waals surface area contributed by atoms with Crippen LogP contribution >= 0.6 is 0 Å². The summed E-state index contributed by atoms with van der Waals surface area (Å²) in [4.78, 5) is 30.6. The van der Waals surface area contributed by atoms with Crippen LogP contribution in [0.2, 0.25) is 0 Å². The fourth-order valence-electron chi connectivity index (χ4n) is 2.84. The minimum atomic E-state index is -0.177. The summed E-state index contributed by atoms with van der Waals surface area (Å²) in [6.45, 7) is 4.16. The first kappa shape index (κ1) is 15.5. The average Bonchev–Trinajstić information content (AvgIpc) is 3.05. The first-order chi connectivity index (χ1) is 12.1. The lowest BCUT2D eigenvalue weighted by molar-refractivity contribution is 0.0299. The Hall–Kier alpha value is -3.00. The summed E-state index contributed by atoms with van der Waals surface area (Å²) in [5, 5.41) is 0. The van der Waals surface area contributed by atoms with Crippen LogP contribution in [0.4, 0.5) is 5.82 Å². The molecule has 3 N–H and O–H groups in total. The molecule has 3 aromatic rings. The van der Waals surface area contributed by atoms with Gasteiger partial charge in [0.1, 0.15) is 11.4 Å². The number of aromatic amines is 1. The molecular formula is C17H18N6O2. The zero-order valence-electron chi connectivity index (χ0n) is 13.8. The van der Waals surface area contributed by atoms with Crippen molar-refractivity contribution in [3.63, 3.8) is 0 Å². The first-order valence-electron chi connectivity index (χ1n) is 8.08. The highest BCUT2D eigenvalue weighted by Crippen LogP contribution is 2.23. The zero-order valence-corrected chi connectivity index (χ0v) is 13.8. The number of fused-ring (bicyclic) bond motifs is 1. The second-order valence-electron chi connectivity index (χ2n) is 6.00. The van der Waals surface area contributed by atoms with Crippen molar-refractivity contribution in [1.82, 2.24) is 24.8 Å². The Kier molecular flexibility index (Phi) is 3.81. The van der Waals surface area contributed by atoms with Gasteiger partial charge in [0.05, 0.1) is 30.4 Å². The van der Waals surface area contributed by atoms with Crippen LogP contribution in [0.15, 0.2) is 24.4 Å². The van der Waals surface area contributed by atoms with Crippen LogP contribution in [0.1, 0.15) is 16.1 Å². The number of aromatic nitrogens is 4. The molecule has 3 heterocycles. The molecule has 128 valence electrons. The lowest BCUT2D eigenvalue weighted by Crippen LogP contribution is -2.41. The number of amides is 1. The van der Waals surface area contributed by atoms with Gasteiger partial charge in [-0.2, -0.15) is 0 Å². The second kappa shape index (κ2) is 6.14. The number of benzene rings is 1. The quantitative estimate of drug-likeness (QED) is 0.730. The van der Waals surface area contributed by atoms with Crippen LogP contribution in [-0.4, -0.2) is 57.0 Å². The molecule has 0 aliphatic carbocycles. The maximum Gasteiger partial charge on any atom is 0.274 e. The van der Waals surface area contributed by atoms with Gasteiger partial charge in [0.15, 0.2) is 11.6 Å². The van der Waals surface area contributed by atoms with Gasteiger partial charge < -0.3 is 20.4 Å². The highest BCUT2D eigenvalue weighted by atomic mass is 16.5. The van der Waals surface area contributed by atoms with E-state index >= 15 is 0 Å². The normalized spacial score (nSPS) is 14.8. The van der Waals surface area contributed by atoms with E-state index in [1.54, 1.807) is 4.90 Å². The van der Waals surface area contributed by atoms with Crippen LogP contribution in [0.5, 0.6) is 0 Å². The van der Waals surface area contributed by atoms with Gasteiger partial charge in [0.25, 0.3) is 5.91 Å². The number of H-pyrrole nitrogens is 1. The molecule has 0 unspecified atom stereocenters. The van der Waals surface area contributed by atoms with Gasteiger partial charge >= 0.3 is 0 Å². The van der Waals surface area contributed by atoms with E-state index < -0.39 is 0 Å². The Bertz CT molecular complexity index is 945. The number of morpholine rings is 1. The number of nitrogens with zero attached hydrogens (tertiary/aromatic N) is 4. The van der Waals surface area contributed by atoms with Crippen molar-refractivity contribution in [2.75, 3.05) is 32.0 Å². The number of carbonyl (C=O) groups excluding carboxylic acids is 1. The molecule has 8 nitrogen and oxygen atoms in total. The number of nitrogens with one attached hydrogen (secondary N) is 1. The Morgan fingerprint density at radius 1 is 1.28 bits per heavy atom. The smallest absolute Gasteiger partial charge is 0.274 e. The average molecular weight is 338 g/mol. The molecule has 0 spiro atoms. The van der Waals surface area contributed by atoms with E-state index in [1.807, 2.05) is 25.1 Å². The molecular weight excluding hydrogens is 320 g/mol. The topological polar surface area (TPSA) is 110 Å². The molecule has 25 heavy (non-hydrogen) atoms. The zero-order chi connectivity index (χ0) is 17.4. The highest BCUT2D eigenvalue weighted by Gasteiger charge is 2.22. The summed E-state index contributed by atoms with van der Waals surface area (Å²) in [6, 6.07) is 5.91. The fraction of sp³-hybridized carbons (Fsp3) is 0.294. The predicted octanol–water partition coefficient (Wildman–Crippen LogP) is 1.38. The second-order valence-corrected chi connectivity index (χ2v) is 6.00. The molecule has 1 saturated heterocycles. The molecule has 0 saturated carbocycles. The van der Waals surface area contributed by atoms with Crippen molar-refractivity contribution in [3.05, 3.63) is 35.7 Å². The number of rotatable bonds is 2. The lowest BCUT2D eigenvalue weighted by Gasteiger charge is -2.26. The number of nitrogen functional groups attached to an aromatic ring is 1. The predicted molar refractivity (Wildman–Crippen MR) is 93.0 cm³/mol. The third-order valence-electron chi connectivity index (χ3n) is 4.18. The molecule has 0 atom stereocenters. The van der Waals surface area contributed by atoms with Crippen molar-refractivity contribution < 1.29 is 9.53 Å². The van der Waals surface area contributed by atoms with Crippen molar-refractivity contribution in [1.29, 1.82) is 0 Å². The van der Waals surface area contributed by atoms with Crippen molar-refractivity contribution in [3.8, 4) is 11.5 Å². The minimum Gasteiger partial charge on any atom is -0.382 e. The maximum atomic E-state index is 12.6. The Balaban J connectivity index is 1.72. The van der Waals surface area contributed by atoms with Gasteiger partial charge in [-0.1, -0.05) is 6.07 Å². The summed E-state index contributed by atoms with van der Waals surface area (Å²) < 4.78 is 5.28. The largest absolute Gasteiger partial charge is 0.382 e. The van der Waals surface area contributed by atoms with E-state index in [-0.39, 0.29) is 17.4 Å². The molecule has 0 bridgehead atoms. The Morgan fingerprint density at radius 2 is 2.08 bits per heavy atom. The van der Waals surface area contributed by atoms with Crippen LogP contribution in [0.25, 0.3) is 22.6 Å². The third kappa shape index (κ3) is 2.91. The third-order valence-corrected chi connectivity index (χ3v) is 4.18. The number of aryl methyl sites for hydroxylation is 1. The molecule has 8 heteroatoms. The molecule has 0 radical (unpaired) electrons. The molecule has 1 aliphatic heterocycles. The Morgan fingerprint density at radius 3 is 2.88 bits per heavy atom. The molecule has 4 rings (SSSR count). The highest BCUT2D eigenvalue weighted by molar-refractivity contribution is 5.93. The first-order valence-corrected chi connectivity index (χ1v) is 8.08. The lowest BCUT2D eigenvalue weighted by atomic mass is 10.2. The van der Waals surface area contributed by atoms with E-state index in [0.717, 1.165) is 16.6 Å². The standard InChI is InChI=1S/C17H18N6O2/c1-10-2-3-11-12(8-10)22-16(21-11)14-15(18)19-9-13(20-14)17(24)23-4-6-25-7-5-23/h2-3,8-9H,4-7H2,1H3,(H2,18,19)(H,21,22). The molecule has 1 fully saturated rings. The molecule has 2 aromatic heterocycles. The van der Waals surface area contributed by atoms with Crippen LogP contribution in [0, 0.1) is 6.92 Å². The summed E-state index contributed by atoms with van der Waals surface area (Å²) in [7, 11) is 0. The Labute approximate surface area is 144 Å². The molecule has 1 aromatic carbocycles. The van der Waals surface area contributed by atoms with E-state index in [1.165, 1.54) is 6.20 Å². The monoisotopic (exact) mass is 338 g/mol. The van der Waals surface area contributed by atoms with Gasteiger partial charge in [0, 0.05) is 13.1 Å². The van der Waals surface area contributed by atoms with Gasteiger partial charge in [0.2, 0.25) is 0 Å². The van der Waals surface area contributed by atoms with E-state index in [2.05, 4.69) is 19.9 Å². The van der Waals surface area contributed by atoms with E-state index in [0.29, 0.717) is 37.8 Å². The fourth-order valence-corrected chi connectivity index (χ4v) is 2.84. The van der Waals surface area contributed by atoms with Gasteiger partial charge in [-0.3, -0.25) is 4.79 Å². The van der Waals surface area contributed by atoms with Crippen molar-refractivity contribution >= 4 is 22.8 Å². The summed E-state index contributed by atoms with van der Waals surface area (Å²) in [5.74, 6) is 0.556. The van der Waals surface area contributed by atoms with E-state index in [4.69, 9.17) is 10.5 Å². The molecule has 1 aliphatic rings. The van der Waals surface area contributed by atoms with Crippen LogP contribution < -0.4 is 5.73 Å². The number of anilines is 1. The number of nitrogens with two attached hydrogens (primary N) is 1. The maximum absolute atomic E-state index is 12.6. The minimum absolute atomic E-state index is 0.177. The number of imidazole rings is 1. The van der Waals surface area contributed by atoms with Gasteiger partial charge in [-0.25, -0.2) is 15.0 Å².